The Morgan fingerprint density at radius 1 is 0.938 bits per heavy atom. The molecule has 0 saturated carbocycles. The minimum absolute atomic E-state index is 0.0214. The topological polar surface area (TPSA) is 68.3 Å². The molecule has 2 heterocycles. The lowest BCUT2D eigenvalue weighted by molar-refractivity contribution is -0.134. The van der Waals surface area contributed by atoms with E-state index in [2.05, 4.69) is 0 Å². The monoisotopic (exact) mass is 438 g/mol. The van der Waals surface area contributed by atoms with Crippen molar-refractivity contribution in [1.29, 1.82) is 0 Å². The average molecular weight is 439 g/mol. The molecule has 4 rings (SSSR count). The van der Waals surface area contributed by atoms with Gasteiger partial charge in [-0.05, 0) is 31.2 Å². The van der Waals surface area contributed by atoms with E-state index in [-0.39, 0.29) is 30.8 Å². The molecule has 32 heavy (non-hydrogen) atoms. The van der Waals surface area contributed by atoms with Crippen LogP contribution in [0.2, 0.25) is 0 Å². The Morgan fingerprint density at radius 3 is 2.41 bits per heavy atom. The number of anilines is 1. The highest BCUT2D eigenvalue weighted by molar-refractivity contribution is 5.97. The summed E-state index contributed by atoms with van der Waals surface area (Å²) in [5, 5.41) is 0. The number of benzene rings is 2. The standard InChI is InChI=1S/C25H30N2O5/c1-2-30-22-9-5-6-10-23(22)32-19-13-15-26(16-14-19)24(28)11-12-25(29)27-17-18-31-21-8-4-3-7-20(21)27/h3-10,19H,2,11-18H2,1H3. The molecule has 2 amide bonds. The molecule has 2 aliphatic heterocycles. The summed E-state index contributed by atoms with van der Waals surface area (Å²) in [6.07, 6.45) is 1.99. The van der Waals surface area contributed by atoms with Crippen LogP contribution in [0.4, 0.5) is 5.69 Å². The summed E-state index contributed by atoms with van der Waals surface area (Å²) in [7, 11) is 0. The molecule has 7 nitrogen and oxygen atoms in total. The lowest BCUT2D eigenvalue weighted by atomic mass is 10.1. The largest absolute Gasteiger partial charge is 0.490 e. The van der Waals surface area contributed by atoms with Crippen molar-refractivity contribution in [1.82, 2.24) is 4.90 Å². The first kappa shape index (κ1) is 22.0. The van der Waals surface area contributed by atoms with Crippen molar-refractivity contribution < 1.29 is 23.8 Å². The zero-order chi connectivity index (χ0) is 22.3. The predicted molar refractivity (Wildman–Crippen MR) is 121 cm³/mol. The number of rotatable bonds is 7. The van der Waals surface area contributed by atoms with Crippen molar-refractivity contribution in [3.05, 3.63) is 48.5 Å². The number of fused-ring (bicyclic) bond motifs is 1. The van der Waals surface area contributed by atoms with E-state index in [1.807, 2.05) is 60.4 Å². The minimum Gasteiger partial charge on any atom is -0.490 e. The van der Waals surface area contributed by atoms with E-state index < -0.39 is 0 Å². The number of amides is 2. The van der Waals surface area contributed by atoms with Gasteiger partial charge in [-0.1, -0.05) is 24.3 Å². The highest BCUT2D eigenvalue weighted by Gasteiger charge is 2.27. The molecular weight excluding hydrogens is 408 g/mol. The van der Waals surface area contributed by atoms with Gasteiger partial charge in [-0.25, -0.2) is 0 Å². The number of piperidine rings is 1. The summed E-state index contributed by atoms with van der Waals surface area (Å²) in [4.78, 5) is 29.0. The zero-order valence-electron chi connectivity index (χ0n) is 18.5. The first-order valence-electron chi connectivity index (χ1n) is 11.3. The van der Waals surface area contributed by atoms with Crippen LogP contribution in [-0.4, -0.2) is 55.7 Å². The molecule has 7 heteroatoms. The molecule has 0 N–H and O–H groups in total. The molecule has 0 spiro atoms. The van der Waals surface area contributed by atoms with Gasteiger partial charge in [-0.3, -0.25) is 9.59 Å². The maximum absolute atomic E-state index is 12.8. The van der Waals surface area contributed by atoms with Gasteiger partial charge in [0.25, 0.3) is 0 Å². The van der Waals surface area contributed by atoms with Crippen molar-refractivity contribution >= 4 is 17.5 Å². The van der Waals surface area contributed by atoms with E-state index in [4.69, 9.17) is 14.2 Å². The SMILES string of the molecule is CCOc1ccccc1OC1CCN(C(=O)CCC(=O)N2CCOc3ccccc32)CC1. The van der Waals surface area contributed by atoms with Gasteiger partial charge in [0.2, 0.25) is 11.8 Å². The van der Waals surface area contributed by atoms with Gasteiger partial charge in [-0.2, -0.15) is 0 Å². The highest BCUT2D eigenvalue weighted by atomic mass is 16.5. The minimum atomic E-state index is -0.0418. The molecule has 0 atom stereocenters. The molecule has 170 valence electrons. The molecule has 1 saturated heterocycles. The van der Waals surface area contributed by atoms with Crippen molar-refractivity contribution in [2.24, 2.45) is 0 Å². The fraction of sp³-hybridized carbons (Fsp3) is 0.440. The summed E-state index contributed by atoms with van der Waals surface area (Å²) < 4.78 is 17.4. The van der Waals surface area contributed by atoms with Crippen molar-refractivity contribution in [2.75, 3.05) is 37.7 Å². The van der Waals surface area contributed by atoms with Crippen molar-refractivity contribution in [3.8, 4) is 17.2 Å². The molecule has 0 unspecified atom stereocenters. The van der Waals surface area contributed by atoms with Crippen molar-refractivity contribution in [2.45, 2.75) is 38.7 Å². The van der Waals surface area contributed by atoms with E-state index in [0.29, 0.717) is 38.6 Å². The summed E-state index contributed by atoms with van der Waals surface area (Å²) in [6.45, 7) is 4.78. The van der Waals surface area contributed by atoms with Gasteiger partial charge in [0, 0.05) is 38.8 Å². The zero-order valence-corrected chi connectivity index (χ0v) is 18.5. The van der Waals surface area contributed by atoms with Crippen LogP contribution in [-0.2, 0) is 9.59 Å². The van der Waals surface area contributed by atoms with Gasteiger partial charge >= 0.3 is 0 Å². The van der Waals surface area contributed by atoms with Crippen LogP contribution in [0.25, 0.3) is 0 Å². The molecule has 1 fully saturated rings. The number of hydrogen-bond donors (Lipinski definition) is 0. The first-order chi connectivity index (χ1) is 15.7. The Hall–Kier alpha value is -3.22. The number of ether oxygens (including phenoxy) is 3. The van der Waals surface area contributed by atoms with E-state index in [1.165, 1.54) is 0 Å². The predicted octanol–water partition coefficient (Wildman–Crippen LogP) is 3.66. The number of carbonyl (C=O) groups excluding carboxylic acids is 2. The number of para-hydroxylation sites is 4. The van der Waals surface area contributed by atoms with Crippen LogP contribution in [0.3, 0.4) is 0 Å². The second kappa shape index (κ2) is 10.4. The quantitative estimate of drug-likeness (QED) is 0.660. The third-order valence-electron chi connectivity index (χ3n) is 5.82. The molecule has 0 aliphatic carbocycles. The summed E-state index contributed by atoms with van der Waals surface area (Å²) in [5.74, 6) is 2.19. The smallest absolute Gasteiger partial charge is 0.227 e. The second-order valence-corrected chi connectivity index (χ2v) is 7.94. The Morgan fingerprint density at radius 2 is 1.62 bits per heavy atom. The summed E-state index contributed by atoms with van der Waals surface area (Å²) in [6, 6.07) is 15.2. The first-order valence-corrected chi connectivity index (χ1v) is 11.3. The maximum Gasteiger partial charge on any atom is 0.227 e. The molecule has 0 bridgehead atoms. The van der Waals surface area contributed by atoms with Gasteiger partial charge in [0.1, 0.15) is 18.5 Å². The van der Waals surface area contributed by atoms with Gasteiger partial charge < -0.3 is 24.0 Å². The van der Waals surface area contributed by atoms with Crippen LogP contribution in [0.15, 0.2) is 48.5 Å². The molecular formula is C25H30N2O5. The van der Waals surface area contributed by atoms with Gasteiger partial charge in [0.05, 0.1) is 18.8 Å². The fourth-order valence-corrected chi connectivity index (χ4v) is 4.16. The van der Waals surface area contributed by atoms with Crippen LogP contribution in [0, 0.1) is 0 Å². The van der Waals surface area contributed by atoms with Crippen LogP contribution in [0.5, 0.6) is 17.2 Å². The Kier molecular flexibility index (Phi) is 7.14. The van der Waals surface area contributed by atoms with Gasteiger partial charge in [0.15, 0.2) is 11.5 Å². The van der Waals surface area contributed by atoms with Crippen LogP contribution < -0.4 is 19.1 Å². The van der Waals surface area contributed by atoms with Crippen molar-refractivity contribution in [3.63, 3.8) is 0 Å². The molecule has 2 aromatic carbocycles. The van der Waals surface area contributed by atoms with E-state index >= 15 is 0 Å². The lowest BCUT2D eigenvalue weighted by Gasteiger charge is -2.33. The van der Waals surface area contributed by atoms with E-state index in [0.717, 1.165) is 30.0 Å². The Balaban J connectivity index is 1.24. The molecule has 2 aliphatic rings. The number of hydrogen-bond acceptors (Lipinski definition) is 5. The second-order valence-electron chi connectivity index (χ2n) is 7.94. The molecule has 0 aromatic heterocycles. The Bertz CT molecular complexity index is 939. The van der Waals surface area contributed by atoms with Gasteiger partial charge in [-0.15, -0.1) is 0 Å². The molecule has 0 radical (unpaired) electrons. The van der Waals surface area contributed by atoms with Crippen LogP contribution in [0.1, 0.15) is 32.6 Å². The maximum atomic E-state index is 12.8. The van der Waals surface area contributed by atoms with E-state index in [9.17, 15) is 9.59 Å². The van der Waals surface area contributed by atoms with E-state index in [1.54, 1.807) is 4.90 Å². The number of carbonyl (C=O) groups is 2. The number of nitrogens with zero attached hydrogens (tertiary/aromatic N) is 2. The number of likely N-dealkylation sites (tertiary alicyclic amines) is 1. The third kappa shape index (κ3) is 5.15. The Labute approximate surface area is 188 Å². The summed E-state index contributed by atoms with van der Waals surface area (Å²) >= 11 is 0. The normalized spacial score (nSPS) is 16.2. The summed E-state index contributed by atoms with van der Waals surface area (Å²) in [5.41, 5.74) is 0.779. The lowest BCUT2D eigenvalue weighted by Crippen LogP contribution is -2.42. The average Bonchev–Trinajstić information content (AvgIpc) is 2.84. The van der Waals surface area contributed by atoms with Crippen LogP contribution >= 0.6 is 0 Å². The third-order valence-corrected chi connectivity index (χ3v) is 5.82. The highest BCUT2D eigenvalue weighted by Crippen LogP contribution is 2.32. The fourth-order valence-electron chi connectivity index (χ4n) is 4.16. The molecule has 2 aromatic rings.